The maximum absolute atomic E-state index is 13.0. The molecule has 1 fully saturated rings. The number of hydrazine groups is 1. The number of hydrogen-bond acceptors (Lipinski definition) is 5. The van der Waals surface area contributed by atoms with Gasteiger partial charge in [-0.2, -0.15) is 5.01 Å². The van der Waals surface area contributed by atoms with E-state index in [9.17, 15) is 14.4 Å². The lowest BCUT2D eigenvalue weighted by atomic mass is 9.93. The highest BCUT2D eigenvalue weighted by Crippen LogP contribution is 2.29. The minimum atomic E-state index is -1.12. The summed E-state index contributed by atoms with van der Waals surface area (Å²) in [5.41, 5.74) is 3.56. The lowest BCUT2D eigenvalue weighted by Gasteiger charge is -2.21. The van der Waals surface area contributed by atoms with E-state index >= 15 is 0 Å². The van der Waals surface area contributed by atoms with Crippen LogP contribution in [0.4, 0.5) is 4.79 Å². The van der Waals surface area contributed by atoms with Crippen molar-refractivity contribution in [2.24, 2.45) is 0 Å². The first-order valence-corrected chi connectivity index (χ1v) is 11.3. The first-order chi connectivity index (χ1) is 16.9. The highest BCUT2D eigenvalue weighted by molar-refractivity contribution is 6.09. The molecule has 4 amide bonds. The smallest absolute Gasteiger partial charge is 0.344 e. The third kappa shape index (κ3) is 5.43. The number of amides is 4. The number of methoxy groups -OCH3 is 1. The zero-order chi connectivity index (χ0) is 24.8. The summed E-state index contributed by atoms with van der Waals surface area (Å²) in [5.74, 6) is -0.301. The van der Waals surface area contributed by atoms with Gasteiger partial charge in [0.25, 0.3) is 11.8 Å². The molecule has 0 bridgehead atoms. The van der Waals surface area contributed by atoms with Crippen LogP contribution in [0.2, 0.25) is 0 Å². The van der Waals surface area contributed by atoms with E-state index in [0.29, 0.717) is 30.9 Å². The Morgan fingerprint density at radius 3 is 2.26 bits per heavy atom. The van der Waals surface area contributed by atoms with Crippen molar-refractivity contribution < 1.29 is 23.9 Å². The Morgan fingerprint density at radius 1 is 0.943 bits per heavy atom. The number of rotatable bonds is 9. The van der Waals surface area contributed by atoms with Crippen LogP contribution >= 0.6 is 0 Å². The number of carbonyl (C=O) groups excluding carboxylic acids is 3. The molecule has 1 atom stereocenters. The average molecular weight is 474 g/mol. The SMILES string of the molecule is COc1cc(C(=O)NN2C(=O)N[C@](C)(CCc3ccccc3)C2=O)ccc1OCc1ccccc1. The molecule has 180 valence electrons. The van der Waals surface area contributed by atoms with Crippen LogP contribution in [-0.2, 0) is 17.8 Å². The predicted octanol–water partition coefficient (Wildman–Crippen LogP) is 3.86. The van der Waals surface area contributed by atoms with Gasteiger partial charge in [0.2, 0.25) is 0 Å². The van der Waals surface area contributed by atoms with Crippen molar-refractivity contribution in [2.75, 3.05) is 7.11 Å². The van der Waals surface area contributed by atoms with E-state index in [1.807, 2.05) is 60.7 Å². The third-order valence-electron chi connectivity index (χ3n) is 5.89. The van der Waals surface area contributed by atoms with Crippen LogP contribution in [0, 0.1) is 0 Å². The fourth-order valence-corrected chi connectivity index (χ4v) is 3.82. The Hall–Kier alpha value is -4.33. The van der Waals surface area contributed by atoms with E-state index in [1.165, 1.54) is 13.2 Å². The lowest BCUT2D eigenvalue weighted by Crippen LogP contribution is -2.48. The van der Waals surface area contributed by atoms with E-state index in [0.717, 1.165) is 16.1 Å². The van der Waals surface area contributed by atoms with Crippen LogP contribution in [0.3, 0.4) is 0 Å². The summed E-state index contributed by atoms with van der Waals surface area (Å²) in [4.78, 5) is 38.4. The quantitative estimate of drug-likeness (QED) is 0.460. The van der Waals surface area contributed by atoms with Gasteiger partial charge in [-0.05, 0) is 49.1 Å². The molecule has 1 saturated heterocycles. The molecule has 3 aromatic rings. The van der Waals surface area contributed by atoms with Crippen molar-refractivity contribution in [3.05, 3.63) is 95.6 Å². The monoisotopic (exact) mass is 473 g/mol. The maximum Gasteiger partial charge on any atom is 0.344 e. The largest absolute Gasteiger partial charge is 0.493 e. The van der Waals surface area contributed by atoms with Crippen LogP contribution in [0.15, 0.2) is 78.9 Å². The predicted molar refractivity (Wildman–Crippen MR) is 130 cm³/mol. The number of imide groups is 1. The molecule has 35 heavy (non-hydrogen) atoms. The van der Waals surface area contributed by atoms with Crippen molar-refractivity contribution in [2.45, 2.75) is 31.9 Å². The molecule has 1 heterocycles. The van der Waals surface area contributed by atoms with E-state index < -0.39 is 23.4 Å². The molecule has 8 nitrogen and oxygen atoms in total. The minimum Gasteiger partial charge on any atom is -0.493 e. The number of benzene rings is 3. The number of carbonyl (C=O) groups is 3. The Morgan fingerprint density at radius 2 is 1.60 bits per heavy atom. The summed E-state index contributed by atoms with van der Waals surface area (Å²) in [6, 6.07) is 23.3. The number of hydrogen-bond donors (Lipinski definition) is 2. The first-order valence-electron chi connectivity index (χ1n) is 11.3. The molecule has 0 saturated carbocycles. The number of ether oxygens (including phenoxy) is 2. The zero-order valence-electron chi connectivity index (χ0n) is 19.6. The van der Waals surface area contributed by atoms with Gasteiger partial charge in [0, 0.05) is 5.56 Å². The van der Waals surface area contributed by atoms with Crippen LogP contribution < -0.4 is 20.2 Å². The summed E-state index contributed by atoms with van der Waals surface area (Å²) < 4.78 is 11.2. The topological polar surface area (TPSA) is 97.0 Å². The molecule has 4 rings (SSSR count). The average Bonchev–Trinajstić information content (AvgIpc) is 3.10. The number of nitrogens with zero attached hydrogens (tertiary/aromatic N) is 1. The van der Waals surface area contributed by atoms with Crippen LogP contribution in [0.25, 0.3) is 0 Å². The van der Waals surface area contributed by atoms with Crippen molar-refractivity contribution in [3.8, 4) is 11.5 Å². The van der Waals surface area contributed by atoms with E-state index in [-0.39, 0.29) is 5.56 Å². The van der Waals surface area contributed by atoms with Crippen molar-refractivity contribution >= 4 is 17.8 Å². The Bertz CT molecular complexity index is 1220. The number of urea groups is 1. The van der Waals surface area contributed by atoms with E-state index in [1.54, 1.807) is 19.1 Å². The molecular formula is C27H27N3O5. The second-order valence-corrected chi connectivity index (χ2v) is 8.47. The van der Waals surface area contributed by atoms with Crippen molar-refractivity contribution in [3.63, 3.8) is 0 Å². The fraction of sp³-hybridized carbons (Fsp3) is 0.222. The molecule has 0 radical (unpaired) electrons. The second kappa shape index (κ2) is 10.3. The highest BCUT2D eigenvalue weighted by Gasteiger charge is 2.48. The Kier molecular flexibility index (Phi) is 7.01. The molecule has 8 heteroatoms. The van der Waals surface area contributed by atoms with Crippen molar-refractivity contribution in [1.29, 1.82) is 0 Å². The Labute approximate surface area is 203 Å². The van der Waals surface area contributed by atoms with Gasteiger partial charge in [0.15, 0.2) is 11.5 Å². The molecule has 1 aliphatic rings. The molecule has 2 N–H and O–H groups in total. The number of nitrogens with one attached hydrogen (secondary N) is 2. The molecular weight excluding hydrogens is 446 g/mol. The first kappa shape index (κ1) is 23.8. The minimum absolute atomic E-state index is 0.215. The van der Waals surface area contributed by atoms with Crippen molar-refractivity contribution in [1.82, 2.24) is 15.8 Å². The lowest BCUT2D eigenvalue weighted by molar-refractivity contribution is -0.132. The second-order valence-electron chi connectivity index (χ2n) is 8.47. The van der Waals surface area contributed by atoms with Gasteiger partial charge in [-0.3, -0.25) is 15.0 Å². The molecule has 0 spiro atoms. The Balaban J connectivity index is 1.41. The van der Waals surface area contributed by atoms with Gasteiger partial charge in [0.05, 0.1) is 7.11 Å². The van der Waals surface area contributed by atoms with Gasteiger partial charge >= 0.3 is 6.03 Å². The standard InChI is InChI=1S/C27H27N3O5/c1-27(16-15-19-9-5-3-6-10-19)25(32)30(26(33)28-27)29-24(31)21-13-14-22(23(17-21)34-2)35-18-20-11-7-4-8-12-20/h3-14,17H,15-16,18H2,1-2H3,(H,28,33)(H,29,31)/t27-/m1/s1. The normalized spacial score (nSPS) is 17.1. The highest BCUT2D eigenvalue weighted by atomic mass is 16.5. The third-order valence-corrected chi connectivity index (χ3v) is 5.89. The van der Waals surface area contributed by atoms with Crippen LogP contribution in [0.1, 0.15) is 34.8 Å². The zero-order valence-corrected chi connectivity index (χ0v) is 19.6. The molecule has 0 aromatic heterocycles. The molecule has 3 aromatic carbocycles. The van der Waals surface area contributed by atoms with E-state index in [2.05, 4.69) is 10.7 Å². The van der Waals surface area contributed by atoms with Gasteiger partial charge < -0.3 is 14.8 Å². The molecule has 1 aliphatic heterocycles. The summed E-state index contributed by atoms with van der Waals surface area (Å²) in [7, 11) is 1.47. The number of aryl methyl sites for hydroxylation is 1. The fourth-order valence-electron chi connectivity index (χ4n) is 3.82. The van der Waals surface area contributed by atoms with Gasteiger partial charge in [-0.25, -0.2) is 4.79 Å². The summed E-state index contributed by atoms with van der Waals surface area (Å²) in [5, 5.41) is 3.43. The van der Waals surface area contributed by atoms with Gasteiger partial charge in [-0.15, -0.1) is 0 Å². The van der Waals surface area contributed by atoms with E-state index in [4.69, 9.17) is 9.47 Å². The molecule has 0 aliphatic carbocycles. The summed E-state index contributed by atoms with van der Waals surface area (Å²) >= 11 is 0. The van der Waals surface area contributed by atoms with Gasteiger partial charge in [-0.1, -0.05) is 60.7 Å². The van der Waals surface area contributed by atoms with Crippen LogP contribution in [0.5, 0.6) is 11.5 Å². The summed E-state index contributed by atoms with van der Waals surface area (Å²) in [6.45, 7) is 2.00. The summed E-state index contributed by atoms with van der Waals surface area (Å²) in [6.07, 6.45) is 1.00. The maximum atomic E-state index is 13.0. The van der Waals surface area contributed by atoms with Gasteiger partial charge in [0.1, 0.15) is 12.1 Å². The van der Waals surface area contributed by atoms with Crippen LogP contribution in [-0.4, -0.2) is 35.5 Å². The molecule has 0 unspecified atom stereocenters.